The van der Waals surface area contributed by atoms with E-state index in [1.54, 1.807) is 25.9 Å². The second kappa shape index (κ2) is 11.7. The van der Waals surface area contributed by atoms with Crippen LogP contribution >= 0.6 is 11.8 Å². The first-order valence-corrected chi connectivity index (χ1v) is 11.2. The Balaban J connectivity index is 1.83. The summed E-state index contributed by atoms with van der Waals surface area (Å²) in [6.45, 7) is 8.91. The van der Waals surface area contributed by atoms with Gasteiger partial charge >= 0.3 is 0 Å². The first-order valence-electron chi connectivity index (χ1n) is 10.0. The van der Waals surface area contributed by atoms with E-state index in [1.165, 1.54) is 5.56 Å². The Morgan fingerprint density at radius 1 is 1.28 bits per heavy atom. The van der Waals surface area contributed by atoms with Crippen LogP contribution in [0, 0.1) is 12.8 Å². The number of aryl methyl sites for hydroxylation is 2. The summed E-state index contributed by atoms with van der Waals surface area (Å²) in [5.41, 5.74) is 2.29. The minimum absolute atomic E-state index is 0.565. The number of hydrogen-bond acceptors (Lipinski definition) is 5. The van der Waals surface area contributed by atoms with Crippen molar-refractivity contribution in [2.75, 3.05) is 27.0 Å². The van der Waals surface area contributed by atoms with Crippen LogP contribution in [-0.4, -0.2) is 47.7 Å². The van der Waals surface area contributed by atoms with Crippen molar-refractivity contribution in [3.8, 4) is 5.75 Å². The maximum Gasteiger partial charge on any atom is 0.191 e. The van der Waals surface area contributed by atoms with Gasteiger partial charge in [0.25, 0.3) is 0 Å². The Kier molecular flexibility index (Phi) is 9.31. The van der Waals surface area contributed by atoms with Gasteiger partial charge in [-0.2, -0.15) is 0 Å². The smallest absolute Gasteiger partial charge is 0.191 e. The fourth-order valence-corrected chi connectivity index (χ4v) is 3.58. The third-order valence-corrected chi connectivity index (χ3v) is 5.17. The molecule has 0 bridgehead atoms. The van der Waals surface area contributed by atoms with E-state index in [0.717, 1.165) is 54.2 Å². The molecular formula is C21H34N6OS. The van der Waals surface area contributed by atoms with Gasteiger partial charge in [-0.15, -0.1) is 10.2 Å². The highest BCUT2D eigenvalue weighted by atomic mass is 32.2. The van der Waals surface area contributed by atoms with E-state index >= 15 is 0 Å². The molecule has 29 heavy (non-hydrogen) atoms. The molecule has 1 heterocycles. The quantitative estimate of drug-likeness (QED) is 0.267. The van der Waals surface area contributed by atoms with Crippen LogP contribution < -0.4 is 15.4 Å². The number of thioether (sulfide) groups is 1. The molecule has 0 radical (unpaired) electrons. The molecule has 0 saturated carbocycles. The second-order valence-corrected chi connectivity index (χ2v) is 8.15. The fraction of sp³-hybridized carbons (Fsp3) is 0.571. The number of benzene rings is 1. The van der Waals surface area contributed by atoms with Gasteiger partial charge < -0.3 is 19.9 Å². The minimum Gasteiger partial charge on any atom is -0.496 e. The molecule has 8 heteroatoms. The average molecular weight is 419 g/mol. The summed E-state index contributed by atoms with van der Waals surface area (Å²) in [7, 11) is 3.48. The molecule has 2 rings (SSSR count). The number of nitrogens with one attached hydrogen (secondary N) is 2. The number of rotatable bonds is 10. The molecule has 2 N–H and O–H groups in total. The molecule has 2 aromatic rings. The van der Waals surface area contributed by atoms with Gasteiger partial charge in [0, 0.05) is 38.7 Å². The number of methoxy groups -OCH3 is 1. The molecule has 1 aromatic carbocycles. The van der Waals surface area contributed by atoms with E-state index in [9.17, 15) is 0 Å². The Bertz CT molecular complexity index is 802. The maximum absolute atomic E-state index is 5.47. The molecule has 0 fully saturated rings. The predicted octanol–water partition coefficient (Wildman–Crippen LogP) is 3.27. The van der Waals surface area contributed by atoms with Crippen LogP contribution in [0.25, 0.3) is 0 Å². The first kappa shape index (κ1) is 23.1. The van der Waals surface area contributed by atoms with E-state index in [1.807, 2.05) is 12.3 Å². The van der Waals surface area contributed by atoms with Crippen molar-refractivity contribution in [2.24, 2.45) is 10.9 Å². The van der Waals surface area contributed by atoms with Gasteiger partial charge in [0.15, 0.2) is 11.1 Å². The van der Waals surface area contributed by atoms with Gasteiger partial charge in [0.2, 0.25) is 0 Å². The lowest BCUT2D eigenvalue weighted by Gasteiger charge is -2.14. The Morgan fingerprint density at radius 3 is 2.72 bits per heavy atom. The van der Waals surface area contributed by atoms with Crippen molar-refractivity contribution in [3.05, 3.63) is 35.2 Å². The Labute approximate surface area is 178 Å². The van der Waals surface area contributed by atoms with E-state index in [-0.39, 0.29) is 0 Å². The van der Waals surface area contributed by atoms with Crippen LogP contribution in [0.15, 0.2) is 28.3 Å². The lowest BCUT2D eigenvalue weighted by atomic mass is 10.1. The largest absolute Gasteiger partial charge is 0.496 e. The molecule has 0 spiro atoms. The van der Waals surface area contributed by atoms with Crippen LogP contribution in [0.1, 0.15) is 37.2 Å². The average Bonchev–Trinajstić information content (AvgIpc) is 3.08. The summed E-state index contributed by atoms with van der Waals surface area (Å²) < 4.78 is 7.71. The van der Waals surface area contributed by atoms with Crippen LogP contribution in [0.3, 0.4) is 0 Å². The lowest BCUT2D eigenvalue weighted by molar-refractivity contribution is 0.408. The fourth-order valence-electron chi connectivity index (χ4n) is 3.05. The molecular weight excluding hydrogens is 384 g/mol. The molecule has 1 aromatic heterocycles. The molecule has 0 amide bonds. The van der Waals surface area contributed by atoms with Gasteiger partial charge in [0.05, 0.1) is 7.11 Å². The summed E-state index contributed by atoms with van der Waals surface area (Å²) in [4.78, 5) is 4.31. The van der Waals surface area contributed by atoms with E-state index in [0.29, 0.717) is 12.5 Å². The van der Waals surface area contributed by atoms with Gasteiger partial charge in [-0.25, -0.2) is 0 Å². The van der Waals surface area contributed by atoms with Crippen LogP contribution in [0.5, 0.6) is 5.75 Å². The Morgan fingerprint density at radius 2 is 2.07 bits per heavy atom. The topological polar surface area (TPSA) is 76.4 Å². The standard InChI is InChI=1S/C21H34N6OS/c1-15(2)14-27-19(25-26-21(27)29-6)8-7-11-23-20(22-4)24-13-17-10-9-16(3)12-18(17)28-5/h9-10,12,15H,7-8,11,13-14H2,1-6H3,(H2,22,23,24). The number of hydrogen-bond donors (Lipinski definition) is 2. The van der Waals surface area contributed by atoms with Gasteiger partial charge in [-0.05, 0) is 37.1 Å². The maximum atomic E-state index is 5.47. The van der Waals surface area contributed by atoms with Crippen molar-refractivity contribution >= 4 is 17.7 Å². The van der Waals surface area contributed by atoms with Crippen LogP contribution in [0.4, 0.5) is 0 Å². The van der Waals surface area contributed by atoms with Crippen LogP contribution in [-0.2, 0) is 19.5 Å². The third kappa shape index (κ3) is 6.96. The summed E-state index contributed by atoms with van der Waals surface area (Å²) in [6, 6.07) is 6.22. The molecule has 0 aliphatic rings. The number of aliphatic imine (C=N–C) groups is 1. The number of ether oxygens (including phenoxy) is 1. The van der Waals surface area contributed by atoms with Gasteiger partial charge in [0.1, 0.15) is 11.6 Å². The van der Waals surface area contributed by atoms with E-state index in [2.05, 4.69) is 63.3 Å². The zero-order chi connectivity index (χ0) is 21.2. The molecule has 7 nitrogen and oxygen atoms in total. The molecule has 160 valence electrons. The third-order valence-electron chi connectivity index (χ3n) is 4.51. The normalized spacial score (nSPS) is 11.8. The lowest BCUT2D eigenvalue weighted by Crippen LogP contribution is -2.37. The zero-order valence-electron chi connectivity index (χ0n) is 18.5. The SMILES string of the molecule is CN=C(NCCCc1nnc(SC)n1CC(C)C)NCc1ccc(C)cc1OC. The number of aromatic nitrogens is 3. The monoisotopic (exact) mass is 418 g/mol. The molecule has 0 aliphatic carbocycles. The zero-order valence-corrected chi connectivity index (χ0v) is 19.3. The van der Waals surface area contributed by atoms with Crippen molar-refractivity contribution in [1.82, 2.24) is 25.4 Å². The van der Waals surface area contributed by atoms with Crippen molar-refractivity contribution < 1.29 is 4.74 Å². The highest BCUT2D eigenvalue weighted by Crippen LogP contribution is 2.19. The van der Waals surface area contributed by atoms with E-state index < -0.39 is 0 Å². The van der Waals surface area contributed by atoms with Gasteiger partial charge in [-0.1, -0.05) is 37.7 Å². The van der Waals surface area contributed by atoms with Crippen LogP contribution in [0.2, 0.25) is 0 Å². The van der Waals surface area contributed by atoms with Crippen molar-refractivity contribution in [3.63, 3.8) is 0 Å². The number of nitrogens with zero attached hydrogens (tertiary/aromatic N) is 4. The summed E-state index contributed by atoms with van der Waals surface area (Å²) in [5, 5.41) is 16.4. The molecule has 0 saturated heterocycles. The summed E-state index contributed by atoms with van der Waals surface area (Å²) in [5.74, 6) is 3.29. The molecule has 0 aliphatic heterocycles. The van der Waals surface area contributed by atoms with Gasteiger partial charge in [-0.3, -0.25) is 4.99 Å². The minimum atomic E-state index is 0.565. The second-order valence-electron chi connectivity index (χ2n) is 7.38. The molecule has 0 atom stereocenters. The first-order chi connectivity index (χ1) is 14.0. The highest BCUT2D eigenvalue weighted by molar-refractivity contribution is 7.98. The predicted molar refractivity (Wildman–Crippen MR) is 121 cm³/mol. The van der Waals surface area contributed by atoms with Crippen molar-refractivity contribution in [2.45, 2.75) is 51.9 Å². The summed E-state index contributed by atoms with van der Waals surface area (Å²) in [6.07, 6.45) is 3.89. The molecule has 0 unspecified atom stereocenters. The Hall–Kier alpha value is -2.22. The summed E-state index contributed by atoms with van der Waals surface area (Å²) >= 11 is 1.65. The highest BCUT2D eigenvalue weighted by Gasteiger charge is 2.12. The van der Waals surface area contributed by atoms with Crippen molar-refractivity contribution in [1.29, 1.82) is 0 Å². The number of guanidine groups is 1. The van der Waals surface area contributed by atoms with E-state index in [4.69, 9.17) is 4.74 Å².